The minimum atomic E-state index is -3.81. The van der Waals surface area contributed by atoms with Gasteiger partial charge in [-0.2, -0.15) is 4.72 Å². The lowest BCUT2D eigenvalue weighted by Crippen LogP contribution is -2.40. The van der Waals surface area contributed by atoms with Gasteiger partial charge in [-0.3, -0.25) is 4.79 Å². The number of hydrogen-bond donors (Lipinski definition) is 2. The number of nitrogens with one attached hydrogen (secondary N) is 1. The van der Waals surface area contributed by atoms with E-state index in [-0.39, 0.29) is 11.3 Å². The first-order valence-electron chi connectivity index (χ1n) is 4.74. The smallest absolute Gasteiger partial charge is 0.321 e. The SMILES string of the molecule is CCCC(NS(=O)(=O)c1ccoc1)C(=O)O. The number of aliphatic carboxylic acids is 1. The Morgan fingerprint density at radius 3 is 2.75 bits per heavy atom. The van der Waals surface area contributed by atoms with Gasteiger partial charge in [-0.15, -0.1) is 0 Å². The van der Waals surface area contributed by atoms with E-state index >= 15 is 0 Å². The summed E-state index contributed by atoms with van der Waals surface area (Å²) in [5.74, 6) is -1.19. The van der Waals surface area contributed by atoms with Gasteiger partial charge in [0.25, 0.3) is 0 Å². The fourth-order valence-corrected chi connectivity index (χ4v) is 2.33. The summed E-state index contributed by atoms with van der Waals surface area (Å²) in [5.41, 5.74) is 0. The molecule has 0 spiro atoms. The number of carboxylic acid groups (broad SMARTS) is 1. The van der Waals surface area contributed by atoms with E-state index in [1.54, 1.807) is 6.92 Å². The number of rotatable bonds is 6. The van der Waals surface area contributed by atoms with Crippen LogP contribution in [-0.2, 0) is 14.8 Å². The largest absolute Gasteiger partial charge is 0.480 e. The Balaban J connectivity index is 2.82. The molecular weight excluding hydrogens is 234 g/mol. The van der Waals surface area contributed by atoms with E-state index in [4.69, 9.17) is 5.11 Å². The summed E-state index contributed by atoms with van der Waals surface area (Å²) in [6.07, 6.45) is 3.08. The Morgan fingerprint density at radius 1 is 1.62 bits per heavy atom. The summed E-state index contributed by atoms with van der Waals surface area (Å²) in [6, 6.07) is 0.151. The molecule has 1 rings (SSSR count). The minimum Gasteiger partial charge on any atom is -0.480 e. The molecule has 6 nitrogen and oxygen atoms in total. The molecule has 90 valence electrons. The van der Waals surface area contributed by atoms with Gasteiger partial charge in [0.2, 0.25) is 10.0 Å². The van der Waals surface area contributed by atoms with Gasteiger partial charge in [-0.05, 0) is 12.5 Å². The molecule has 0 aliphatic rings. The molecule has 0 saturated carbocycles. The van der Waals surface area contributed by atoms with Crippen molar-refractivity contribution >= 4 is 16.0 Å². The van der Waals surface area contributed by atoms with Crippen molar-refractivity contribution in [2.45, 2.75) is 30.7 Å². The number of hydrogen-bond acceptors (Lipinski definition) is 4. The summed E-state index contributed by atoms with van der Waals surface area (Å²) in [6.45, 7) is 1.78. The lowest BCUT2D eigenvalue weighted by molar-refractivity contribution is -0.139. The molecule has 7 heteroatoms. The van der Waals surface area contributed by atoms with Crippen LogP contribution in [0.15, 0.2) is 27.9 Å². The second-order valence-corrected chi connectivity index (χ2v) is 4.97. The normalized spacial score (nSPS) is 13.6. The summed E-state index contributed by atoms with van der Waals surface area (Å²) >= 11 is 0. The molecule has 1 atom stereocenters. The van der Waals surface area contributed by atoms with Crippen LogP contribution in [0.5, 0.6) is 0 Å². The first-order valence-corrected chi connectivity index (χ1v) is 6.23. The highest BCUT2D eigenvalue weighted by Gasteiger charge is 2.25. The highest BCUT2D eigenvalue weighted by atomic mass is 32.2. The Morgan fingerprint density at radius 2 is 2.31 bits per heavy atom. The molecule has 0 amide bonds. The maximum Gasteiger partial charge on any atom is 0.321 e. The van der Waals surface area contributed by atoms with E-state index in [1.807, 2.05) is 0 Å². The third-order valence-electron chi connectivity index (χ3n) is 1.98. The monoisotopic (exact) mass is 247 g/mol. The van der Waals surface area contributed by atoms with Crippen molar-refractivity contribution in [2.24, 2.45) is 0 Å². The van der Waals surface area contributed by atoms with Crippen molar-refractivity contribution in [3.63, 3.8) is 0 Å². The van der Waals surface area contributed by atoms with Crippen LogP contribution in [0.4, 0.5) is 0 Å². The number of carbonyl (C=O) groups is 1. The highest BCUT2D eigenvalue weighted by Crippen LogP contribution is 2.10. The van der Waals surface area contributed by atoms with E-state index in [0.29, 0.717) is 6.42 Å². The van der Waals surface area contributed by atoms with Crippen molar-refractivity contribution in [3.8, 4) is 0 Å². The topological polar surface area (TPSA) is 96.6 Å². The quantitative estimate of drug-likeness (QED) is 0.775. The van der Waals surface area contributed by atoms with Gasteiger partial charge in [-0.1, -0.05) is 13.3 Å². The molecule has 1 heterocycles. The Hall–Kier alpha value is -1.34. The molecule has 0 bridgehead atoms. The zero-order valence-electron chi connectivity index (χ0n) is 8.71. The highest BCUT2D eigenvalue weighted by molar-refractivity contribution is 7.89. The average molecular weight is 247 g/mol. The second kappa shape index (κ2) is 5.13. The van der Waals surface area contributed by atoms with Crippen LogP contribution >= 0.6 is 0 Å². The van der Waals surface area contributed by atoms with Gasteiger partial charge in [-0.25, -0.2) is 8.42 Å². The maximum atomic E-state index is 11.6. The maximum absolute atomic E-state index is 11.6. The predicted molar refractivity (Wildman–Crippen MR) is 55.4 cm³/mol. The number of furan rings is 1. The van der Waals surface area contributed by atoms with Crippen LogP contribution in [0.2, 0.25) is 0 Å². The van der Waals surface area contributed by atoms with Crippen molar-refractivity contribution in [3.05, 3.63) is 18.6 Å². The van der Waals surface area contributed by atoms with Gasteiger partial charge in [0.05, 0.1) is 6.26 Å². The Bertz CT molecular complexity index is 436. The molecule has 0 aromatic carbocycles. The summed E-state index contributed by atoms with van der Waals surface area (Å²) < 4.78 is 30.0. The number of carboxylic acids is 1. The van der Waals surface area contributed by atoms with Gasteiger partial charge in [0.15, 0.2) is 0 Å². The Labute approximate surface area is 93.3 Å². The van der Waals surface area contributed by atoms with E-state index in [0.717, 1.165) is 6.26 Å². The second-order valence-electron chi connectivity index (χ2n) is 3.26. The zero-order valence-corrected chi connectivity index (χ0v) is 9.53. The molecule has 0 radical (unpaired) electrons. The minimum absolute atomic E-state index is 0.0742. The van der Waals surface area contributed by atoms with Crippen LogP contribution in [-0.4, -0.2) is 25.5 Å². The fourth-order valence-electron chi connectivity index (χ4n) is 1.18. The van der Waals surface area contributed by atoms with Crippen LogP contribution in [0, 0.1) is 0 Å². The molecule has 0 aliphatic heterocycles. The van der Waals surface area contributed by atoms with E-state index in [9.17, 15) is 13.2 Å². The van der Waals surface area contributed by atoms with Crippen LogP contribution in [0.3, 0.4) is 0 Å². The van der Waals surface area contributed by atoms with Gasteiger partial charge >= 0.3 is 5.97 Å². The van der Waals surface area contributed by atoms with Gasteiger partial charge in [0, 0.05) is 0 Å². The van der Waals surface area contributed by atoms with E-state index in [1.165, 1.54) is 12.3 Å². The van der Waals surface area contributed by atoms with Gasteiger partial charge in [0.1, 0.15) is 17.2 Å². The van der Waals surface area contributed by atoms with Crippen LogP contribution in [0.25, 0.3) is 0 Å². The van der Waals surface area contributed by atoms with Crippen molar-refractivity contribution in [1.29, 1.82) is 0 Å². The molecule has 1 aromatic heterocycles. The molecule has 0 aliphatic carbocycles. The third kappa shape index (κ3) is 3.07. The van der Waals surface area contributed by atoms with Crippen LogP contribution in [0.1, 0.15) is 19.8 Å². The van der Waals surface area contributed by atoms with Crippen molar-refractivity contribution in [1.82, 2.24) is 4.72 Å². The zero-order chi connectivity index (χ0) is 12.2. The van der Waals surface area contributed by atoms with E-state index < -0.39 is 22.0 Å². The van der Waals surface area contributed by atoms with Crippen molar-refractivity contribution in [2.75, 3.05) is 0 Å². The molecule has 1 aromatic rings. The lowest BCUT2D eigenvalue weighted by atomic mass is 10.2. The number of sulfonamides is 1. The average Bonchev–Trinajstić information content (AvgIpc) is 2.69. The van der Waals surface area contributed by atoms with Crippen LogP contribution < -0.4 is 4.72 Å². The first-order chi connectivity index (χ1) is 7.47. The Kier molecular flexibility index (Phi) is 4.08. The lowest BCUT2D eigenvalue weighted by Gasteiger charge is -2.12. The van der Waals surface area contributed by atoms with Gasteiger partial charge < -0.3 is 9.52 Å². The molecule has 0 saturated heterocycles. The van der Waals surface area contributed by atoms with E-state index in [2.05, 4.69) is 9.14 Å². The molecule has 1 unspecified atom stereocenters. The van der Waals surface area contributed by atoms with Crippen molar-refractivity contribution < 1.29 is 22.7 Å². The molecule has 0 fully saturated rings. The summed E-state index contributed by atoms with van der Waals surface area (Å²) in [4.78, 5) is 10.7. The molecule has 2 N–H and O–H groups in total. The first kappa shape index (κ1) is 12.7. The molecule has 16 heavy (non-hydrogen) atoms. The molecular formula is C9H13NO5S. The third-order valence-corrected chi connectivity index (χ3v) is 3.43. The standard InChI is InChI=1S/C9H13NO5S/c1-2-3-8(9(11)12)10-16(13,14)7-4-5-15-6-7/h4-6,8,10H,2-3H2,1H3,(H,11,12). The summed E-state index contributed by atoms with van der Waals surface area (Å²) in [5, 5.41) is 8.81. The summed E-state index contributed by atoms with van der Waals surface area (Å²) in [7, 11) is -3.81. The predicted octanol–water partition coefficient (Wildman–Crippen LogP) is 0.811. The fraction of sp³-hybridized carbons (Fsp3) is 0.444.